The summed E-state index contributed by atoms with van der Waals surface area (Å²) < 4.78 is 0.809. The molecule has 1 heterocycles. The van der Waals surface area contributed by atoms with Gasteiger partial charge in [-0.1, -0.05) is 6.07 Å². The molecule has 6 nitrogen and oxygen atoms in total. The first-order valence-electron chi connectivity index (χ1n) is 5.65. The second-order valence-electron chi connectivity index (χ2n) is 4.08. The van der Waals surface area contributed by atoms with Crippen LogP contribution in [0.4, 0.5) is 11.5 Å². The van der Waals surface area contributed by atoms with Crippen molar-refractivity contribution in [3.8, 4) is 0 Å². The third-order valence-electron chi connectivity index (χ3n) is 2.60. The van der Waals surface area contributed by atoms with Gasteiger partial charge >= 0.3 is 0 Å². The van der Waals surface area contributed by atoms with E-state index in [2.05, 4.69) is 26.2 Å². The zero-order valence-corrected chi connectivity index (χ0v) is 12.0. The number of nitrogens with zero attached hydrogens (tertiary/aromatic N) is 2. The molecule has 0 spiro atoms. The number of nitro benzene ring substituents is 1. The number of rotatable bonds is 3. The van der Waals surface area contributed by atoms with Crippen molar-refractivity contribution < 1.29 is 9.72 Å². The molecule has 0 fully saturated rings. The van der Waals surface area contributed by atoms with Crippen molar-refractivity contribution in [3.05, 3.63) is 62.2 Å². The number of benzene rings is 1. The highest BCUT2D eigenvalue weighted by molar-refractivity contribution is 9.10. The van der Waals surface area contributed by atoms with Crippen LogP contribution >= 0.6 is 15.9 Å². The van der Waals surface area contributed by atoms with Gasteiger partial charge in [0, 0.05) is 28.4 Å². The van der Waals surface area contributed by atoms with Crippen molar-refractivity contribution in [2.45, 2.75) is 6.92 Å². The van der Waals surface area contributed by atoms with Crippen molar-refractivity contribution >= 4 is 33.3 Å². The molecule has 102 valence electrons. The van der Waals surface area contributed by atoms with Gasteiger partial charge in [0.1, 0.15) is 5.82 Å². The monoisotopic (exact) mass is 335 g/mol. The summed E-state index contributed by atoms with van der Waals surface area (Å²) in [6.07, 6.45) is 1.57. The van der Waals surface area contributed by atoms with Crippen molar-refractivity contribution in [2.75, 3.05) is 5.32 Å². The number of halogens is 1. The molecule has 0 atom stereocenters. The molecule has 20 heavy (non-hydrogen) atoms. The molecule has 0 aliphatic carbocycles. The summed E-state index contributed by atoms with van der Waals surface area (Å²) in [5, 5.41) is 13.3. The molecule has 0 aliphatic rings. The van der Waals surface area contributed by atoms with Crippen LogP contribution in [0, 0.1) is 17.0 Å². The zero-order valence-electron chi connectivity index (χ0n) is 10.5. The SMILES string of the molecule is Cc1cc(Br)cnc1NC(=O)c1cccc([N+](=O)[O-])c1. The minimum absolute atomic E-state index is 0.127. The van der Waals surface area contributed by atoms with Crippen molar-refractivity contribution in [1.82, 2.24) is 4.98 Å². The molecule has 0 unspecified atom stereocenters. The molecule has 1 amide bonds. The predicted molar refractivity (Wildman–Crippen MR) is 77.7 cm³/mol. The highest BCUT2D eigenvalue weighted by atomic mass is 79.9. The lowest BCUT2D eigenvalue weighted by Crippen LogP contribution is -2.14. The molecule has 1 aromatic heterocycles. The number of nitrogens with one attached hydrogen (secondary N) is 1. The molecule has 0 saturated heterocycles. The Balaban J connectivity index is 2.24. The van der Waals surface area contributed by atoms with Gasteiger partial charge in [-0.2, -0.15) is 0 Å². The number of hydrogen-bond donors (Lipinski definition) is 1. The lowest BCUT2D eigenvalue weighted by molar-refractivity contribution is -0.384. The normalized spacial score (nSPS) is 10.1. The molecule has 0 radical (unpaired) electrons. The van der Waals surface area contributed by atoms with Crippen LogP contribution in [-0.2, 0) is 0 Å². The molecule has 7 heteroatoms. The molecular weight excluding hydrogens is 326 g/mol. The maximum atomic E-state index is 12.0. The van der Waals surface area contributed by atoms with E-state index in [4.69, 9.17) is 0 Å². The standard InChI is InChI=1S/C13H10BrN3O3/c1-8-5-10(14)7-15-12(8)16-13(18)9-3-2-4-11(6-9)17(19)20/h2-7H,1H3,(H,15,16,18). The van der Waals surface area contributed by atoms with E-state index in [1.807, 2.05) is 6.07 Å². The highest BCUT2D eigenvalue weighted by Gasteiger charge is 2.13. The Bertz CT molecular complexity index is 688. The van der Waals surface area contributed by atoms with Gasteiger partial charge in [0.25, 0.3) is 11.6 Å². The van der Waals surface area contributed by atoms with E-state index in [0.717, 1.165) is 10.0 Å². The number of aryl methyl sites for hydroxylation is 1. The van der Waals surface area contributed by atoms with E-state index < -0.39 is 10.8 Å². The molecule has 1 aromatic carbocycles. The first kappa shape index (κ1) is 14.1. The third-order valence-corrected chi connectivity index (χ3v) is 3.03. The second kappa shape index (κ2) is 5.79. The van der Waals surface area contributed by atoms with Crippen LogP contribution in [0.2, 0.25) is 0 Å². The minimum atomic E-state index is -0.542. The lowest BCUT2D eigenvalue weighted by Gasteiger charge is -2.07. The Kier molecular flexibility index (Phi) is 4.09. The van der Waals surface area contributed by atoms with Gasteiger partial charge < -0.3 is 5.32 Å². The number of hydrogen-bond acceptors (Lipinski definition) is 4. The smallest absolute Gasteiger partial charge is 0.270 e. The first-order chi connectivity index (χ1) is 9.47. The zero-order chi connectivity index (χ0) is 14.7. The Hall–Kier alpha value is -2.28. The number of aromatic nitrogens is 1. The Morgan fingerprint density at radius 1 is 1.40 bits per heavy atom. The van der Waals surface area contributed by atoms with Crippen LogP contribution in [0.3, 0.4) is 0 Å². The van der Waals surface area contributed by atoms with E-state index in [-0.39, 0.29) is 11.3 Å². The molecular formula is C13H10BrN3O3. The second-order valence-corrected chi connectivity index (χ2v) is 5.00. The largest absolute Gasteiger partial charge is 0.306 e. The molecule has 2 rings (SSSR count). The molecule has 0 aliphatic heterocycles. The Morgan fingerprint density at radius 3 is 2.80 bits per heavy atom. The van der Waals surface area contributed by atoms with Crippen LogP contribution in [-0.4, -0.2) is 15.8 Å². The first-order valence-corrected chi connectivity index (χ1v) is 6.44. The van der Waals surface area contributed by atoms with E-state index in [1.165, 1.54) is 24.3 Å². The van der Waals surface area contributed by atoms with E-state index in [0.29, 0.717) is 5.82 Å². The number of carbonyl (C=O) groups is 1. The van der Waals surface area contributed by atoms with E-state index in [9.17, 15) is 14.9 Å². The number of amides is 1. The Morgan fingerprint density at radius 2 is 2.15 bits per heavy atom. The van der Waals surface area contributed by atoms with Crippen LogP contribution in [0.25, 0.3) is 0 Å². The summed E-state index contributed by atoms with van der Waals surface area (Å²) in [6.45, 7) is 1.81. The number of carbonyl (C=O) groups excluding carboxylic acids is 1. The molecule has 0 saturated carbocycles. The fourth-order valence-corrected chi connectivity index (χ4v) is 2.06. The van der Waals surface area contributed by atoms with Gasteiger partial charge in [0.2, 0.25) is 0 Å². The molecule has 1 N–H and O–H groups in total. The molecule has 0 bridgehead atoms. The maximum absolute atomic E-state index is 12.0. The number of anilines is 1. The summed E-state index contributed by atoms with van der Waals surface area (Å²) in [7, 11) is 0. The summed E-state index contributed by atoms with van der Waals surface area (Å²) in [5.41, 5.74) is 0.875. The number of nitro groups is 1. The van der Waals surface area contributed by atoms with Gasteiger partial charge in [0.05, 0.1) is 4.92 Å². The fraction of sp³-hybridized carbons (Fsp3) is 0.0769. The van der Waals surface area contributed by atoms with Gasteiger partial charge in [-0.05, 0) is 40.5 Å². The number of pyridine rings is 1. The van der Waals surface area contributed by atoms with Gasteiger partial charge in [-0.25, -0.2) is 4.98 Å². The van der Waals surface area contributed by atoms with Gasteiger partial charge in [0.15, 0.2) is 0 Å². The Labute approximate surface area is 123 Å². The van der Waals surface area contributed by atoms with Crippen molar-refractivity contribution in [1.29, 1.82) is 0 Å². The summed E-state index contributed by atoms with van der Waals surface area (Å²) in [4.78, 5) is 26.3. The van der Waals surface area contributed by atoms with Crippen LogP contribution in [0.1, 0.15) is 15.9 Å². The average molecular weight is 336 g/mol. The number of non-ortho nitro benzene ring substituents is 1. The van der Waals surface area contributed by atoms with E-state index >= 15 is 0 Å². The maximum Gasteiger partial charge on any atom is 0.270 e. The van der Waals surface area contributed by atoms with Gasteiger partial charge in [-0.15, -0.1) is 0 Å². The van der Waals surface area contributed by atoms with Crippen LogP contribution < -0.4 is 5.32 Å². The topological polar surface area (TPSA) is 85.1 Å². The lowest BCUT2D eigenvalue weighted by atomic mass is 10.2. The van der Waals surface area contributed by atoms with Crippen LogP contribution in [0.5, 0.6) is 0 Å². The van der Waals surface area contributed by atoms with Crippen molar-refractivity contribution in [3.63, 3.8) is 0 Å². The van der Waals surface area contributed by atoms with Crippen LogP contribution in [0.15, 0.2) is 41.0 Å². The molecule has 2 aromatic rings. The van der Waals surface area contributed by atoms with Crippen molar-refractivity contribution in [2.24, 2.45) is 0 Å². The summed E-state index contributed by atoms with van der Waals surface area (Å²) >= 11 is 3.28. The highest BCUT2D eigenvalue weighted by Crippen LogP contribution is 2.18. The van der Waals surface area contributed by atoms with E-state index in [1.54, 1.807) is 13.1 Å². The predicted octanol–water partition coefficient (Wildman–Crippen LogP) is 3.31. The minimum Gasteiger partial charge on any atom is -0.306 e. The quantitative estimate of drug-likeness (QED) is 0.688. The van der Waals surface area contributed by atoms with Gasteiger partial charge in [-0.3, -0.25) is 14.9 Å². The average Bonchev–Trinajstić information content (AvgIpc) is 2.42. The summed E-state index contributed by atoms with van der Waals surface area (Å²) in [6, 6.07) is 7.35. The fourth-order valence-electron chi connectivity index (χ4n) is 1.61. The summed E-state index contributed by atoms with van der Waals surface area (Å²) in [5.74, 6) is -0.0173. The third kappa shape index (κ3) is 3.18.